The Kier molecular flexibility index (Phi) is 6.92. The van der Waals surface area contributed by atoms with Crippen LogP contribution in [0.25, 0.3) is 0 Å². The Morgan fingerprint density at radius 3 is 2.64 bits per heavy atom. The van der Waals surface area contributed by atoms with Crippen LogP contribution in [-0.2, 0) is 4.79 Å². The van der Waals surface area contributed by atoms with E-state index in [2.05, 4.69) is 57.3 Å². The van der Waals surface area contributed by atoms with Crippen LogP contribution >= 0.6 is 0 Å². The zero-order valence-electron chi connectivity index (χ0n) is 22.2. The van der Waals surface area contributed by atoms with Gasteiger partial charge in [-0.15, -0.1) is 0 Å². The van der Waals surface area contributed by atoms with E-state index in [0.717, 1.165) is 68.3 Å². The van der Waals surface area contributed by atoms with Crippen LogP contribution < -0.4 is 24.8 Å². The number of carbonyl (C=O) groups is 1. The summed E-state index contributed by atoms with van der Waals surface area (Å²) in [5.74, 6) is 2.25. The SMILES string of the molecule is CC(C)Oc1cc(N2CCC(N(C)C)CC2)ccc1Nc1ncc2c(n1)N1CCCC1CC(=O)N2C. The standard InChI is InChI=1S/C27H39N7O2/c1-18(2)36-24-15-20(33-13-10-19(11-14-33)31(3)4)8-9-22(24)29-27-28-17-23-26(30-27)34-12-6-7-21(34)16-25(35)32(23)5/h8-9,15,17-19,21H,6-7,10-14,16H2,1-5H3,(H,28,29,30). The first kappa shape index (κ1) is 24.6. The first-order valence-electron chi connectivity index (χ1n) is 13.2. The molecule has 2 saturated heterocycles. The highest BCUT2D eigenvalue weighted by Crippen LogP contribution is 2.38. The Balaban J connectivity index is 1.40. The zero-order valence-corrected chi connectivity index (χ0v) is 22.2. The normalized spacial score (nSPS) is 20.6. The summed E-state index contributed by atoms with van der Waals surface area (Å²) < 4.78 is 6.23. The third-order valence-corrected chi connectivity index (χ3v) is 7.68. The Labute approximate surface area is 214 Å². The molecule has 3 aliphatic heterocycles. The van der Waals surface area contributed by atoms with E-state index in [9.17, 15) is 4.79 Å². The van der Waals surface area contributed by atoms with Gasteiger partial charge < -0.3 is 29.7 Å². The second kappa shape index (κ2) is 10.1. The summed E-state index contributed by atoms with van der Waals surface area (Å²) in [6.07, 6.45) is 6.73. The second-order valence-electron chi connectivity index (χ2n) is 10.7. The van der Waals surface area contributed by atoms with Crippen molar-refractivity contribution in [1.82, 2.24) is 14.9 Å². The number of hydrogen-bond donors (Lipinski definition) is 1. The molecule has 0 radical (unpaired) electrons. The van der Waals surface area contributed by atoms with E-state index in [1.165, 1.54) is 5.69 Å². The van der Waals surface area contributed by atoms with Gasteiger partial charge in [-0.3, -0.25) is 4.79 Å². The van der Waals surface area contributed by atoms with Crippen LogP contribution in [0.2, 0.25) is 0 Å². The van der Waals surface area contributed by atoms with E-state index in [-0.39, 0.29) is 18.1 Å². The molecule has 1 unspecified atom stereocenters. The van der Waals surface area contributed by atoms with E-state index >= 15 is 0 Å². The first-order chi connectivity index (χ1) is 17.3. The maximum Gasteiger partial charge on any atom is 0.229 e. The van der Waals surface area contributed by atoms with E-state index in [0.29, 0.717) is 18.4 Å². The number of hydrogen-bond acceptors (Lipinski definition) is 8. The summed E-state index contributed by atoms with van der Waals surface area (Å²) in [5.41, 5.74) is 2.79. The van der Waals surface area contributed by atoms with Crippen molar-refractivity contribution in [3.63, 3.8) is 0 Å². The molecular weight excluding hydrogens is 454 g/mol. The van der Waals surface area contributed by atoms with Crippen LogP contribution in [-0.4, -0.2) is 79.7 Å². The van der Waals surface area contributed by atoms with Gasteiger partial charge in [0.05, 0.1) is 18.0 Å². The van der Waals surface area contributed by atoms with Crippen LogP contribution in [0, 0.1) is 0 Å². The number of piperidine rings is 1. The van der Waals surface area contributed by atoms with Crippen molar-refractivity contribution < 1.29 is 9.53 Å². The summed E-state index contributed by atoms with van der Waals surface area (Å²) in [6, 6.07) is 7.19. The van der Waals surface area contributed by atoms with Crippen LogP contribution in [0.3, 0.4) is 0 Å². The highest BCUT2D eigenvalue weighted by Gasteiger charge is 2.35. The predicted molar refractivity (Wildman–Crippen MR) is 145 cm³/mol. The molecule has 2 aromatic rings. The number of nitrogens with zero attached hydrogens (tertiary/aromatic N) is 6. The molecule has 4 heterocycles. The van der Waals surface area contributed by atoms with Gasteiger partial charge in [0.25, 0.3) is 0 Å². The predicted octanol–water partition coefficient (Wildman–Crippen LogP) is 3.87. The second-order valence-corrected chi connectivity index (χ2v) is 10.7. The van der Waals surface area contributed by atoms with Gasteiger partial charge in [0.15, 0.2) is 5.82 Å². The molecule has 1 amide bonds. The van der Waals surface area contributed by atoms with E-state index in [4.69, 9.17) is 9.72 Å². The Morgan fingerprint density at radius 2 is 1.92 bits per heavy atom. The van der Waals surface area contributed by atoms with Crippen LogP contribution in [0.15, 0.2) is 24.4 Å². The summed E-state index contributed by atoms with van der Waals surface area (Å²) in [7, 11) is 6.15. The number of fused-ring (bicyclic) bond motifs is 3. The molecule has 0 spiro atoms. The van der Waals surface area contributed by atoms with E-state index in [1.807, 2.05) is 20.9 Å². The summed E-state index contributed by atoms with van der Waals surface area (Å²) in [5, 5.41) is 3.40. The minimum Gasteiger partial charge on any atom is -0.489 e. The van der Waals surface area contributed by atoms with Crippen LogP contribution in [0.4, 0.5) is 28.8 Å². The van der Waals surface area contributed by atoms with Crippen LogP contribution in [0.5, 0.6) is 5.75 Å². The molecule has 1 aromatic heterocycles. The molecule has 0 saturated carbocycles. The van der Waals surface area contributed by atoms with Gasteiger partial charge in [0.2, 0.25) is 11.9 Å². The largest absolute Gasteiger partial charge is 0.489 e. The number of ether oxygens (including phenoxy) is 1. The summed E-state index contributed by atoms with van der Waals surface area (Å²) in [6.45, 7) is 7.06. The van der Waals surface area contributed by atoms with Crippen molar-refractivity contribution in [3.05, 3.63) is 24.4 Å². The van der Waals surface area contributed by atoms with E-state index in [1.54, 1.807) is 11.1 Å². The van der Waals surface area contributed by atoms with Crippen molar-refractivity contribution in [1.29, 1.82) is 0 Å². The Hall–Kier alpha value is -3.07. The van der Waals surface area contributed by atoms with Gasteiger partial charge in [-0.25, -0.2) is 4.98 Å². The molecule has 0 aliphatic carbocycles. The molecule has 194 valence electrons. The maximum atomic E-state index is 12.7. The zero-order chi connectivity index (χ0) is 25.4. The van der Waals surface area contributed by atoms with Gasteiger partial charge in [-0.2, -0.15) is 4.98 Å². The Morgan fingerprint density at radius 1 is 1.14 bits per heavy atom. The minimum atomic E-state index is 0.0401. The Bertz CT molecular complexity index is 1100. The van der Waals surface area contributed by atoms with E-state index < -0.39 is 0 Å². The lowest BCUT2D eigenvalue weighted by molar-refractivity contribution is -0.118. The fraction of sp³-hybridized carbons (Fsp3) is 0.593. The molecule has 1 atom stereocenters. The molecule has 36 heavy (non-hydrogen) atoms. The van der Waals surface area contributed by atoms with Gasteiger partial charge >= 0.3 is 0 Å². The highest BCUT2D eigenvalue weighted by molar-refractivity contribution is 5.97. The van der Waals surface area contributed by atoms with Crippen molar-refractivity contribution in [2.75, 3.05) is 60.8 Å². The fourth-order valence-electron chi connectivity index (χ4n) is 5.60. The molecule has 9 nitrogen and oxygen atoms in total. The number of nitrogens with one attached hydrogen (secondary N) is 1. The molecule has 5 rings (SSSR count). The lowest BCUT2D eigenvalue weighted by atomic mass is 10.0. The van der Waals surface area contributed by atoms with Crippen molar-refractivity contribution >= 4 is 34.7 Å². The molecule has 1 aromatic carbocycles. The molecule has 3 aliphatic rings. The monoisotopic (exact) mass is 493 g/mol. The lowest BCUT2D eigenvalue weighted by Crippen LogP contribution is -2.42. The first-order valence-corrected chi connectivity index (χ1v) is 13.2. The molecule has 0 bridgehead atoms. The van der Waals surface area contributed by atoms with Crippen LogP contribution in [0.1, 0.15) is 46.0 Å². The van der Waals surface area contributed by atoms with Crippen molar-refractivity contribution in [2.24, 2.45) is 0 Å². The number of benzene rings is 1. The molecule has 9 heteroatoms. The van der Waals surface area contributed by atoms with Gasteiger partial charge in [0.1, 0.15) is 11.4 Å². The minimum absolute atomic E-state index is 0.0401. The third-order valence-electron chi connectivity index (χ3n) is 7.68. The highest BCUT2D eigenvalue weighted by atomic mass is 16.5. The summed E-state index contributed by atoms with van der Waals surface area (Å²) in [4.78, 5) is 30.9. The third kappa shape index (κ3) is 4.93. The topological polar surface area (TPSA) is 77.1 Å². The smallest absolute Gasteiger partial charge is 0.229 e. The summed E-state index contributed by atoms with van der Waals surface area (Å²) >= 11 is 0. The lowest BCUT2D eigenvalue weighted by Gasteiger charge is -2.36. The number of rotatable bonds is 6. The van der Waals surface area contributed by atoms with Gasteiger partial charge in [-0.05, 0) is 65.8 Å². The molecule has 1 N–H and O–H groups in total. The number of anilines is 5. The van der Waals surface area contributed by atoms with Crippen molar-refractivity contribution in [2.45, 2.75) is 64.1 Å². The number of amides is 1. The average molecular weight is 494 g/mol. The van der Waals surface area contributed by atoms with Gasteiger partial charge in [0, 0.05) is 56.9 Å². The van der Waals surface area contributed by atoms with Crippen molar-refractivity contribution in [3.8, 4) is 5.75 Å². The molecular formula is C27H39N7O2. The molecule has 2 fully saturated rings. The number of aromatic nitrogens is 2. The van der Waals surface area contributed by atoms with Gasteiger partial charge in [-0.1, -0.05) is 0 Å². The maximum absolute atomic E-state index is 12.7. The number of carbonyl (C=O) groups excluding carboxylic acids is 1. The average Bonchev–Trinajstić information content (AvgIpc) is 3.29. The quantitative estimate of drug-likeness (QED) is 0.650. The fourth-order valence-corrected chi connectivity index (χ4v) is 5.60.